The molecule has 0 aromatic heterocycles. The summed E-state index contributed by atoms with van der Waals surface area (Å²) in [5.74, 6) is -0.0325. The third kappa shape index (κ3) is 3.69. The molecule has 0 aliphatic heterocycles. The molecule has 0 spiro atoms. The van der Waals surface area contributed by atoms with E-state index in [1.807, 2.05) is 6.07 Å². The highest BCUT2D eigenvalue weighted by Gasteiger charge is 2.36. The molecule has 0 heterocycles. The van der Waals surface area contributed by atoms with Crippen LogP contribution in [0, 0.1) is 11.3 Å². The first-order chi connectivity index (χ1) is 9.03. The van der Waals surface area contributed by atoms with Gasteiger partial charge in [-0.25, -0.2) is 8.42 Å². The summed E-state index contributed by atoms with van der Waals surface area (Å²) in [6, 6.07) is 8.93. The minimum atomic E-state index is -3.36. The topological polar surface area (TPSA) is 87.2 Å². The van der Waals surface area contributed by atoms with E-state index < -0.39 is 10.0 Å². The maximum atomic E-state index is 12.4. The fourth-order valence-corrected chi connectivity index (χ4v) is 3.79. The lowest BCUT2D eigenvalue weighted by Crippen LogP contribution is -2.34. The smallest absolute Gasteiger partial charge is 0.218 e. The molecule has 6 heteroatoms. The van der Waals surface area contributed by atoms with Crippen molar-refractivity contribution in [2.45, 2.75) is 31.1 Å². The summed E-state index contributed by atoms with van der Waals surface area (Å²) in [5.41, 5.74) is 6.91. The second-order valence-electron chi connectivity index (χ2n) is 4.75. The van der Waals surface area contributed by atoms with Gasteiger partial charge in [-0.2, -0.15) is 9.57 Å². The van der Waals surface area contributed by atoms with Gasteiger partial charge >= 0.3 is 0 Å². The van der Waals surface area contributed by atoms with Gasteiger partial charge in [-0.05, 0) is 30.5 Å². The number of nitrogens with zero attached hydrogens (tertiary/aromatic N) is 2. The molecule has 0 bridgehead atoms. The Hall–Kier alpha value is -1.58. The molecule has 1 saturated carbocycles. The number of benzene rings is 1. The van der Waals surface area contributed by atoms with Crippen molar-refractivity contribution in [3.05, 3.63) is 29.8 Å². The molecule has 0 atom stereocenters. The van der Waals surface area contributed by atoms with E-state index in [1.165, 1.54) is 4.31 Å². The van der Waals surface area contributed by atoms with Crippen LogP contribution in [0.15, 0.2) is 24.3 Å². The minimum absolute atomic E-state index is 0.0325. The minimum Gasteiger partial charge on any atom is -0.399 e. The maximum Gasteiger partial charge on any atom is 0.218 e. The van der Waals surface area contributed by atoms with Crippen LogP contribution in [0.5, 0.6) is 0 Å². The van der Waals surface area contributed by atoms with E-state index in [0.717, 1.165) is 18.4 Å². The molecule has 0 unspecified atom stereocenters. The molecule has 0 radical (unpaired) electrons. The first kappa shape index (κ1) is 13.8. The predicted molar refractivity (Wildman–Crippen MR) is 73.4 cm³/mol. The molecule has 5 nitrogen and oxygen atoms in total. The van der Waals surface area contributed by atoms with Crippen LogP contribution in [0.25, 0.3) is 0 Å². The fraction of sp³-hybridized carbons (Fsp3) is 0.462. The van der Waals surface area contributed by atoms with E-state index in [-0.39, 0.29) is 18.2 Å². The maximum absolute atomic E-state index is 12.4. The van der Waals surface area contributed by atoms with Crippen molar-refractivity contribution in [3.8, 4) is 6.07 Å². The zero-order chi connectivity index (χ0) is 13.9. The molecule has 19 heavy (non-hydrogen) atoms. The van der Waals surface area contributed by atoms with Crippen LogP contribution in [0.2, 0.25) is 0 Å². The van der Waals surface area contributed by atoms with Crippen molar-refractivity contribution in [1.82, 2.24) is 4.31 Å². The second-order valence-corrected chi connectivity index (χ2v) is 6.67. The molecule has 1 aromatic carbocycles. The highest BCUT2D eigenvalue weighted by Crippen LogP contribution is 2.30. The van der Waals surface area contributed by atoms with Gasteiger partial charge in [0.2, 0.25) is 10.0 Å². The van der Waals surface area contributed by atoms with Crippen molar-refractivity contribution >= 4 is 15.7 Å². The lowest BCUT2D eigenvalue weighted by Gasteiger charge is -2.20. The molecule has 1 fully saturated rings. The van der Waals surface area contributed by atoms with Crippen LogP contribution >= 0.6 is 0 Å². The van der Waals surface area contributed by atoms with Gasteiger partial charge in [-0.3, -0.25) is 0 Å². The summed E-state index contributed by atoms with van der Waals surface area (Å²) < 4.78 is 26.2. The summed E-state index contributed by atoms with van der Waals surface area (Å²) in [6.45, 7) is 0.290. The number of rotatable bonds is 6. The first-order valence-corrected chi connectivity index (χ1v) is 7.85. The Labute approximate surface area is 113 Å². The van der Waals surface area contributed by atoms with Crippen LogP contribution in [-0.2, 0) is 15.8 Å². The van der Waals surface area contributed by atoms with Gasteiger partial charge in [0, 0.05) is 24.7 Å². The number of hydrogen-bond donors (Lipinski definition) is 1. The van der Waals surface area contributed by atoms with Crippen molar-refractivity contribution in [3.63, 3.8) is 0 Å². The first-order valence-electron chi connectivity index (χ1n) is 6.24. The van der Waals surface area contributed by atoms with E-state index in [9.17, 15) is 8.42 Å². The van der Waals surface area contributed by atoms with Crippen molar-refractivity contribution in [2.24, 2.45) is 0 Å². The van der Waals surface area contributed by atoms with Crippen LogP contribution in [0.3, 0.4) is 0 Å². The Morgan fingerprint density at radius 2 is 1.95 bits per heavy atom. The van der Waals surface area contributed by atoms with Crippen LogP contribution in [0.4, 0.5) is 5.69 Å². The van der Waals surface area contributed by atoms with Crippen molar-refractivity contribution < 1.29 is 8.42 Å². The Morgan fingerprint density at radius 3 is 2.47 bits per heavy atom. The number of anilines is 1. The molecule has 1 aromatic rings. The highest BCUT2D eigenvalue weighted by molar-refractivity contribution is 7.88. The van der Waals surface area contributed by atoms with Gasteiger partial charge in [0.1, 0.15) is 0 Å². The summed E-state index contributed by atoms with van der Waals surface area (Å²) in [5, 5.41) is 8.62. The zero-order valence-corrected chi connectivity index (χ0v) is 11.4. The average Bonchev–Trinajstić information content (AvgIpc) is 3.16. The number of nitriles is 1. The molecule has 0 amide bonds. The molecule has 102 valence electrons. The summed E-state index contributed by atoms with van der Waals surface area (Å²) in [7, 11) is -3.36. The number of sulfonamides is 1. The second kappa shape index (κ2) is 5.59. The van der Waals surface area contributed by atoms with E-state index in [1.54, 1.807) is 24.3 Å². The fourth-order valence-electron chi connectivity index (χ4n) is 1.98. The van der Waals surface area contributed by atoms with Crippen molar-refractivity contribution in [1.29, 1.82) is 5.26 Å². The Morgan fingerprint density at radius 1 is 1.32 bits per heavy atom. The standard InChI is InChI=1S/C13H17N3O2S/c14-8-1-9-16(13-6-7-13)19(17,18)10-11-2-4-12(15)5-3-11/h2-5,13H,1,6-7,9-10,15H2. The SMILES string of the molecule is N#CCCN(C1CC1)S(=O)(=O)Cc1ccc(N)cc1. The Bertz CT molecular complexity index is 571. The highest BCUT2D eigenvalue weighted by atomic mass is 32.2. The molecule has 0 saturated heterocycles. The third-order valence-corrected chi connectivity index (χ3v) is 4.98. The quantitative estimate of drug-likeness (QED) is 0.799. The lowest BCUT2D eigenvalue weighted by molar-refractivity contribution is 0.410. The van der Waals surface area contributed by atoms with Crippen molar-refractivity contribution in [2.75, 3.05) is 12.3 Å². The summed E-state index contributed by atoms with van der Waals surface area (Å²) >= 11 is 0. The molecule has 2 N–H and O–H groups in total. The van der Waals surface area contributed by atoms with E-state index >= 15 is 0 Å². The van der Waals surface area contributed by atoms with Crippen LogP contribution < -0.4 is 5.73 Å². The molecular weight excluding hydrogens is 262 g/mol. The van der Waals surface area contributed by atoms with Gasteiger partial charge in [0.25, 0.3) is 0 Å². The van der Waals surface area contributed by atoms with Gasteiger partial charge in [0.05, 0.1) is 11.8 Å². The van der Waals surface area contributed by atoms with Crippen LogP contribution in [-0.4, -0.2) is 25.3 Å². The lowest BCUT2D eigenvalue weighted by atomic mass is 10.2. The molecule has 1 aliphatic rings. The van der Waals surface area contributed by atoms with Gasteiger partial charge in [-0.15, -0.1) is 0 Å². The Balaban J connectivity index is 2.11. The Kier molecular flexibility index (Phi) is 4.08. The molecule has 1 aliphatic carbocycles. The van der Waals surface area contributed by atoms with E-state index in [2.05, 4.69) is 0 Å². The van der Waals surface area contributed by atoms with Gasteiger partial charge in [-0.1, -0.05) is 12.1 Å². The number of nitrogen functional groups attached to an aromatic ring is 1. The van der Waals surface area contributed by atoms with Gasteiger partial charge < -0.3 is 5.73 Å². The molecule has 2 rings (SSSR count). The van der Waals surface area contributed by atoms with E-state index in [0.29, 0.717) is 12.2 Å². The normalized spacial score (nSPS) is 15.4. The van der Waals surface area contributed by atoms with Gasteiger partial charge in [0.15, 0.2) is 0 Å². The number of hydrogen-bond acceptors (Lipinski definition) is 4. The molecular formula is C13H17N3O2S. The number of nitrogens with two attached hydrogens (primary N) is 1. The van der Waals surface area contributed by atoms with Crippen LogP contribution in [0.1, 0.15) is 24.8 Å². The third-order valence-electron chi connectivity index (χ3n) is 3.08. The monoisotopic (exact) mass is 279 g/mol. The summed E-state index contributed by atoms with van der Waals surface area (Å²) in [4.78, 5) is 0. The largest absolute Gasteiger partial charge is 0.399 e. The average molecular weight is 279 g/mol. The van der Waals surface area contributed by atoms with E-state index in [4.69, 9.17) is 11.0 Å². The summed E-state index contributed by atoms with van der Waals surface area (Å²) in [6.07, 6.45) is 2.02. The zero-order valence-electron chi connectivity index (χ0n) is 10.6. The predicted octanol–water partition coefficient (Wildman–Crippen LogP) is 1.48.